The molecule has 0 radical (unpaired) electrons. The van der Waals surface area contributed by atoms with Crippen molar-refractivity contribution in [2.24, 2.45) is 0 Å². The molecule has 2 aromatic rings. The van der Waals surface area contributed by atoms with E-state index in [1.807, 2.05) is 12.1 Å². The van der Waals surface area contributed by atoms with E-state index in [2.05, 4.69) is 26.5 Å². The Labute approximate surface area is 218 Å². The summed E-state index contributed by atoms with van der Waals surface area (Å²) in [5.41, 5.74) is 1.14. The van der Waals surface area contributed by atoms with Gasteiger partial charge in [-0.3, -0.25) is 0 Å². The van der Waals surface area contributed by atoms with Gasteiger partial charge in [0.1, 0.15) is 17.5 Å². The molecule has 7 nitrogen and oxygen atoms in total. The Bertz CT molecular complexity index is 1020. The lowest BCUT2D eigenvalue weighted by Crippen LogP contribution is -2.41. The minimum absolute atomic E-state index is 0.0346. The van der Waals surface area contributed by atoms with Crippen LogP contribution in [-0.4, -0.2) is 61.0 Å². The van der Waals surface area contributed by atoms with Crippen LogP contribution in [0.5, 0.6) is 0 Å². The Morgan fingerprint density at radius 2 is 1.50 bits per heavy atom. The van der Waals surface area contributed by atoms with Gasteiger partial charge in [-0.2, -0.15) is 9.97 Å². The molecule has 3 fully saturated rings. The van der Waals surface area contributed by atoms with Crippen molar-refractivity contribution in [1.82, 2.24) is 15.3 Å². The van der Waals surface area contributed by atoms with Crippen LogP contribution < -0.4 is 20.4 Å². The molecule has 2 N–H and O–H groups in total. The Balaban J connectivity index is 1.31. The maximum atomic E-state index is 13.5. The number of morpholine rings is 1. The molecule has 2 saturated heterocycles. The van der Waals surface area contributed by atoms with Crippen LogP contribution in [0.2, 0.25) is 0 Å². The molecule has 1 aromatic carbocycles. The third-order valence-electron chi connectivity index (χ3n) is 7.79. The lowest BCUT2D eigenvalue weighted by molar-refractivity contribution is 0.122. The fraction of sp³-hybridized carbons (Fsp3) is 0.593. The van der Waals surface area contributed by atoms with Crippen LogP contribution in [-0.2, 0) is 10.2 Å². The number of halogens is 1. The molecule has 3 heterocycles. The van der Waals surface area contributed by atoms with Gasteiger partial charge in [0.25, 0.3) is 0 Å². The minimum Gasteiger partial charge on any atom is -0.378 e. The number of ether oxygens (including phenoxy) is 1. The molecule has 0 bridgehead atoms. The predicted molar refractivity (Wildman–Crippen MR) is 147 cm³/mol. The van der Waals surface area contributed by atoms with Crippen molar-refractivity contribution in [2.45, 2.75) is 56.8 Å². The molecule has 2 aliphatic heterocycles. The molecule has 3 aliphatic rings. The molecule has 5 rings (SSSR count). The highest BCUT2D eigenvalue weighted by molar-refractivity contribution is 7.80. The van der Waals surface area contributed by atoms with Crippen LogP contribution in [0.25, 0.3) is 0 Å². The molecular formula is C27H37FN6OS. The Hall–Kier alpha value is -2.52. The van der Waals surface area contributed by atoms with E-state index in [0.29, 0.717) is 30.8 Å². The summed E-state index contributed by atoms with van der Waals surface area (Å²) in [5, 5.41) is 7.22. The predicted octanol–water partition coefficient (Wildman–Crippen LogP) is 4.63. The SMILES string of the molecule is Fc1ccc(C2(CNC(=S)Nc3nc(N4CCCCCC4)cc(N4CCOCC4)n3)CCCC2)cc1. The van der Waals surface area contributed by atoms with Gasteiger partial charge in [0.05, 0.1) is 13.2 Å². The molecule has 0 atom stereocenters. The highest BCUT2D eigenvalue weighted by Gasteiger charge is 2.35. The van der Waals surface area contributed by atoms with Gasteiger partial charge in [0.15, 0.2) is 5.11 Å². The van der Waals surface area contributed by atoms with E-state index in [1.165, 1.54) is 44.1 Å². The number of anilines is 3. The third kappa shape index (κ3) is 6.06. The molecule has 1 saturated carbocycles. The second-order valence-electron chi connectivity index (χ2n) is 10.2. The van der Waals surface area contributed by atoms with Crippen molar-refractivity contribution >= 4 is 34.9 Å². The monoisotopic (exact) mass is 512 g/mol. The van der Waals surface area contributed by atoms with E-state index < -0.39 is 0 Å². The zero-order chi connectivity index (χ0) is 24.8. The average molecular weight is 513 g/mol. The second-order valence-corrected chi connectivity index (χ2v) is 10.6. The Morgan fingerprint density at radius 3 is 2.14 bits per heavy atom. The zero-order valence-corrected chi connectivity index (χ0v) is 21.8. The molecule has 0 spiro atoms. The lowest BCUT2D eigenvalue weighted by atomic mass is 9.79. The maximum absolute atomic E-state index is 13.5. The molecule has 0 unspecified atom stereocenters. The molecule has 36 heavy (non-hydrogen) atoms. The molecule has 0 amide bonds. The quantitative estimate of drug-likeness (QED) is 0.543. The molecular weight excluding hydrogens is 475 g/mol. The molecule has 194 valence electrons. The topological polar surface area (TPSA) is 65.6 Å². The van der Waals surface area contributed by atoms with Crippen molar-refractivity contribution in [2.75, 3.05) is 61.1 Å². The fourth-order valence-corrected chi connectivity index (χ4v) is 5.88. The van der Waals surface area contributed by atoms with Crippen LogP contribution >= 0.6 is 12.2 Å². The van der Waals surface area contributed by atoms with Crippen molar-refractivity contribution in [1.29, 1.82) is 0 Å². The third-order valence-corrected chi connectivity index (χ3v) is 8.04. The fourth-order valence-electron chi connectivity index (χ4n) is 5.71. The highest BCUT2D eigenvalue weighted by atomic mass is 32.1. The van der Waals surface area contributed by atoms with Gasteiger partial charge in [-0.25, -0.2) is 4.39 Å². The summed E-state index contributed by atoms with van der Waals surface area (Å²) in [6, 6.07) is 9.06. The van der Waals surface area contributed by atoms with Gasteiger partial charge in [-0.05, 0) is 55.6 Å². The maximum Gasteiger partial charge on any atom is 0.232 e. The molecule has 1 aliphatic carbocycles. The second kappa shape index (κ2) is 11.7. The van der Waals surface area contributed by atoms with Crippen molar-refractivity contribution in [3.8, 4) is 0 Å². The average Bonchev–Trinajstić information content (AvgIpc) is 3.22. The van der Waals surface area contributed by atoms with Crippen LogP contribution in [0.1, 0.15) is 56.9 Å². The number of hydrogen-bond donors (Lipinski definition) is 2. The summed E-state index contributed by atoms with van der Waals surface area (Å²) < 4.78 is 19.1. The number of thiocarbonyl (C=S) groups is 1. The standard InChI is InChI=1S/C27H37FN6OS/c28-22-9-7-21(8-10-22)27(11-3-4-12-27)20-29-26(36)32-25-30-23(33-13-5-1-2-6-14-33)19-24(31-25)34-15-17-35-18-16-34/h7-10,19H,1-6,11-18,20H2,(H2,29,30,31,32,36). The Kier molecular flexibility index (Phi) is 8.16. The van der Waals surface area contributed by atoms with E-state index in [1.54, 1.807) is 12.1 Å². The van der Waals surface area contributed by atoms with Gasteiger partial charge in [0.2, 0.25) is 5.95 Å². The normalized spacial score (nSPS) is 20.1. The number of nitrogens with zero attached hydrogens (tertiary/aromatic N) is 4. The number of benzene rings is 1. The smallest absolute Gasteiger partial charge is 0.232 e. The summed E-state index contributed by atoms with van der Waals surface area (Å²) in [7, 11) is 0. The Morgan fingerprint density at radius 1 is 0.889 bits per heavy atom. The number of nitrogens with one attached hydrogen (secondary N) is 2. The summed E-state index contributed by atoms with van der Waals surface area (Å²) in [6.07, 6.45) is 9.38. The van der Waals surface area contributed by atoms with E-state index in [4.69, 9.17) is 26.9 Å². The number of hydrogen-bond acceptors (Lipinski definition) is 6. The van der Waals surface area contributed by atoms with Gasteiger partial charge >= 0.3 is 0 Å². The first kappa shape index (κ1) is 25.1. The lowest BCUT2D eigenvalue weighted by Gasteiger charge is -2.31. The molecule has 9 heteroatoms. The van der Waals surface area contributed by atoms with Crippen LogP contribution in [0.3, 0.4) is 0 Å². The summed E-state index contributed by atoms with van der Waals surface area (Å²) in [4.78, 5) is 14.3. The minimum atomic E-state index is -0.199. The first-order valence-corrected chi connectivity index (χ1v) is 13.8. The van der Waals surface area contributed by atoms with Crippen LogP contribution in [0.4, 0.5) is 22.0 Å². The van der Waals surface area contributed by atoms with Crippen molar-refractivity contribution in [3.05, 3.63) is 41.7 Å². The van der Waals surface area contributed by atoms with Crippen LogP contribution in [0.15, 0.2) is 30.3 Å². The largest absolute Gasteiger partial charge is 0.378 e. The van der Waals surface area contributed by atoms with E-state index in [-0.39, 0.29) is 11.2 Å². The van der Waals surface area contributed by atoms with Crippen molar-refractivity contribution < 1.29 is 9.13 Å². The van der Waals surface area contributed by atoms with Gasteiger partial charge in [0, 0.05) is 44.2 Å². The summed E-state index contributed by atoms with van der Waals surface area (Å²) in [6.45, 7) is 5.78. The molecule has 1 aromatic heterocycles. The van der Waals surface area contributed by atoms with Gasteiger partial charge in [-0.1, -0.05) is 37.8 Å². The van der Waals surface area contributed by atoms with E-state index in [9.17, 15) is 4.39 Å². The number of aromatic nitrogens is 2. The van der Waals surface area contributed by atoms with Gasteiger partial charge in [-0.15, -0.1) is 0 Å². The summed E-state index contributed by atoms with van der Waals surface area (Å²) in [5.74, 6) is 2.20. The zero-order valence-electron chi connectivity index (χ0n) is 21.0. The van der Waals surface area contributed by atoms with E-state index in [0.717, 1.165) is 50.7 Å². The van der Waals surface area contributed by atoms with E-state index >= 15 is 0 Å². The number of rotatable bonds is 6. The first-order chi connectivity index (χ1) is 17.6. The van der Waals surface area contributed by atoms with Gasteiger partial charge < -0.3 is 25.2 Å². The first-order valence-electron chi connectivity index (χ1n) is 13.4. The summed E-state index contributed by atoms with van der Waals surface area (Å²) >= 11 is 5.70. The highest BCUT2D eigenvalue weighted by Crippen LogP contribution is 2.40. The van der Waals surface area contributed by atoms with Crippen LogP contribution in [0, 0.1) is 5.82 Å². The van der Waals surface area contributed by atoms with Crippen molar-refractivity contribution in [3.63, 3.8) is 0 Å².